The van der Waals surface area contributed by atoms with Crippen molar-refractivity contribution in [3.05, 3.63) is 165 Å². The SMILES string of the molecule is CCCCCN(c1cc(OC)cc(OC)c1)c1ccc2ncc(-c3cnn(C)c3)nc2c1.COc1cc(OC)cc(N(CCCN2CCC(N3CCCCC3)C2)c2ccc3ncc(-c4cnn(C)c4)nc3c2)c1.COc1cc(OC)cc(N(CCN2CCCC(C)C2)c2ccc3ncc(-c4cnn(C)c4)nc3c2)c1. The van der Waals surface area contributed by atoms with E-state index in [2.05, 4.69) is 140 Å². The standard InChI is InChI=1S/C32H41N7O2.C28H34N6O2.C25H29N5O2/c1-36-22-24(20-34-36)32-21-33-30-9-8-25(18-31(30)35-32)39(27-16-28(40-2)19-29(17-27)41-3)14-7-11-37-15-10-26(23-37)38-12-5-4-6-13-38;1-20-6-5-9-33(18-20)10-11-34(23-12-24(35-3)15-25(13-23)36-4)22-7-8-26-27(14-22)31-28(17-29-26)21-16-30-32(2)19-21;1-5-6-7-10-30(20-11-21(31-3)14-22(12-20)32-4)19-8-9-23-24(13-19)28-25(16-26-23)18-15-27-29(2)17-18/h8-9,16-22,26H,4-7,10-15,23H2,1-3H3;7-8,12-17,19-20H,5-6,9-11,18H2,1-4H3;8-9,11-17H,5-7,10H2,1-4H3. The molecular formula is C85H104N18O6. The number of rotatable bonds is 27. The van der Waals surface area contributed by atoms with Crippen molar-refractivity contribution in [3.63, 3.8) is 0 Å². The van der Waals surface area contributed by atoms with Gasteiger partial charge >= 0.3 is 0 Å². The number of methoxy groups -OCH3 is 6. The van der Waals surface area contributed by atoms with Crippen LogP contribution < -0.4 is 43.1 Å². The van der Waals surface area contributed by atoms with Crippen molar-refractivity contribution in [2.45, 2.75) is 84.1 Å². The van der Waals surface area contributed by atoms with E-state index in [1.54, 1.807) is 75.3 Å². The van der Waals surface area contributed by atoms with Gasteiger partial charge in [-0.05, 0) is 138 Å². The molecule has 2 unspecified atom stereocenters. The predicted octanol–water partition coefficient (Wildman–Crippen LogP) is 15.4. The molecule has 3 aliphatic rings. The Morgan fingerprint density at radius 3 is 1.15 bits per heavy atom. The number of fused-ring (bicyclic) bond motifs is 3. The molecule has 0 radical (unpaired) electrons. The Morgan fingerprint density at radius 1 is 0.376 bits per heavy atom. The second kappa shape index (κ2) is 36.3. The lowest BCUT2D eigenvalue weighted by Gasteiger charge is -2.34. The third-order valence-corrected chi connectivity index (χ3v) is 20.8. The van der Waals surface area contributed by atoms with Gasteiger partial charge in [0, 0.05) is 190 Å². The molecule has 3 aliphatic heterocycles. The van der Waals surface area contributed by atoms with E-state index >= 15 is 0 Å². The Labute approximate surface area is 640 Å². The zero-order chi connectivity index (χ0) is 75.8. The highest BCUT2D eigenvalue weighted by molar-refractivity contribution is 5.86. The first-order valence-electron chi connectivity index (χ1n) is 38.2. The van der Waals surface area contributed by atoms with Crippen LogP contribution in [-0.2, 0) is 21.1 Å². The van der Waals surface area contributed by atoms with Crippen LogP contribution in [0.25, 0.3) is 66.9 Å². The number of aromatic nitrogens is 12. The normalized spacial score (nSPS) is 15.4. The number of benzene rings is 6. The van der Waals surface area contributed by atoms with Crippen molar-refractivity contribution in [1.82, 2.24) is 73.9 Å². The van der Waals surface area contributed by atoms with E-state index in [-0.39, 0.29) is 0 Å². The van der Waals surface area contributed by atoms with Crippen molar-refractivity contribution >= 4 is 67.2 Å². The average molecular weight is 1470 g/mol. The maximum Gasteiger partial charge on any atom is 0.124 e. The van der Waals surface area contributed by atoms with Crippen LogP contribution in [0.5, 0.6) is 34.5 Å². The first-order chi connectivity index (χ1) is 53.2. The van der Waals surface area contributed by atoms with Gasteiger partial charge in [-0.1, -0.05) is 33.1 Å². The molecule has 3 fully saturated rings. The molecule has 24 nitrogen and oxygen atoms in total. The maximum atomic E-state index is 5.63. The van der Waals surface area contributed by atoms with Gasteiger partial charge in [-0.25, -0.2) is 15.0 Å². The van der Waals surface area contributed by atoms with Gasteiger partial charge in [0.25, 0.3) is 0 Å². The summed E-state index contributed by atoms with van der Waals surface area (Å²) in [6.07, 6.45) is 29.1. The molecule has 0 spiro atoms. The first-order valence-corrected chi connectivity index (χ1v) is 38.2. The van der Waals surface area contributed by atoms with Gasteiger partial charge in [-0.15, -0.1) is 0 Å². The molecule has 9 heterocycles. The minimum atomic E-state index is 0.724. The highest BCUT2D eigenvalue weighted by Crippen LogP contribution is 2.39. The number of aryl methyl sites for hydroxylation is 3. The minimum absolute atomic E-state index is 0.724. The minimum Gasteiger partial charge on any atom is -0.497 e. The van der Waals surface area contributed by atoms with Gasteiger partial charge in [0.15, 0.2) is 0 Å². The highest BCUT2D eigenvalue weighted by atomic mass is 16.5. The fraction of sp³-hybridized carbons (Fsp3) is 0.400. The Morgan fingerprint density at radius 2 is 0.771 bits per heavy atom. The fourth-order valence-corrected chi connectivity index (χ4v) is 14.9. The first kappa shape index (κ1) is 76.3. The second-order valence-corrected chi connectivity index (χ2v) is 28.6. The van der Waals surface area contributed by atoms with Crippen molar-refractivity contribution < 1.29 is 28.4 Å². The third-order valence-electron chi connectivity index (χ3n) is 20.8. The molecule has 0 amide bonds. The molecule has 570 valence electrons. The summed E-state index contributed by atoms with van der Waals surface area (Å²) in [6, 6.07) is 37.6. The van der Waals surface area contributed by atoms with Gasteiger partial charge in [-0.2, -0.15) is 15.3 Å². The zero-order valence-corrected chi connectivity index (χ0v) is 65.1. The lowest BCUT2D eigenvalue weighted by Crippen LogP contribution is -2.41. The number of ether oxygens (including phenoxy) is 6. The number of anilines is 6. The molecule has 0 bridgehead atoms. The van der Waals surface area contributed by atoms with E-state index < -0.39 is 0 Å². The molecule has 109 heavy (non-hydrogen) atoms. The number of hydrogen-bond donors (Lipinski definition) is 0. The van der Waals surface area contributed by atoms with Crippen molar-refractivity contribution in [2.75, 3.05) is 129 Å². The van der Waals surface area contributed by atoms with E-state index in [4.69, 9.17) is 43.4 Å². The number of piperidine rings is 2. The Kier molecular flexibility index (Phi) is 25.4. The molecule has 6 aromatic heterocycles. The number of unbranched alkanes of at least 4 members (excludes halogenated alkanes) is 2. The Bertz CT molecular complexity index is 4910. The second-order valence-electron chi connectivity index (χ2n) is 28.6. The maximum absolute atomic E-state index is 5.63. The molecule has 3 saturated heterocycles. The topological polar surface area (TPSA) is 206 Å². The van der Waals surface area contributed by atoms with E-state index in [1.807, 2.05) is 101 Å². The van der Waals surface area contributed by atoms with Crippen LogP contribution in [-0.4, -0.2) is 195 Å². The average Bonchev–Trinajstić information content (AvgIpc) is 1.40. The quantitative estimate of drug-likeness (QED) is 0.0439. The van der Waals surface area contributed by atoms with Gasteiger partial charge < -0.3 is 52.9 Å². The molecule has 0 aliphatic carbocycles. The van der Waals surface area contributed by atoms with Crippen LogP contribution in [0.3, 0.4) is 0 Å². The van der Waals surface area contributed by atoms with E-state index in [0.717, 1.165) is 219 Å². The summed E-state index contributed by atoms with van der Waals surface area (Å²) in [4.78, 5) is 43.6. The molecule has 2 atom stereocenters. The van der Waals surface area contributed by atoms with Crippen LogP contribution in [0, 0.1) is 5.92 Å². The van der Waals surface area contributed by atoms with Crippen LogP contribution in [0.1, 0.15) is 78.1 Å². The van der Waals surface area contributed by atoms with Crippen molar-refractivity contribution in [2.24, 2.45) is 27.1 Å². The van der Waals surface area contributed by atoms with Crippen LogP contribution in [0.15, 0.2) is 165 Å². The highest BCUT2D eigenvalue weighted by Gasteiger charge is 2.29. The molecule has 24 heteroatoms. The van der Waals surface area contributed by atoms with E-state index in [9.17, 15) is 0 Å². The summed E-state index contributed by atoms with van der Waals surface area (Å²) in [5.41, 5.74) is 16.7. The summed E-state index contributed by atoms with van der Waals surface area (Å²) in [7, 11) is 15.8. The predicted molar refractivity (Wildman–Crippen MR) is 434 cm³/mol. The Hall–Kier alpha value is -11.0. The van der Waals surface area contributed by atoms with Crippen LogP contribution in [0.4, 0.5) is 34.1 Å². The van der Waals surface area contributed by atoms with Gasteiger partial charge in [-0.3, -0.25) is 33.9 Å². The van der Waals surface area contributed by atoms with Gasteiger partial charge in [0.2, 0.25) is 0 Å². The zero-order valence-electron chi connectivity index (χ0n) is 65.1. The molecule has 0 N–H and O–H groups in total. The van der Waals surface area contributed by atoms with Gasteiger partial charge in [0.1, 0.15) is 34.5 Å². The molecule has 0 saturated carbocycles. The number of likely N-dealkylation sites (tertiary alicyclic amines) is 3. The lowest BCUT2D eigenvalue weighted by molar-refractivity contribution is 0.162. The summed E-state index contributed by atoms with van der Waals surface area (Å²) in [6.45, 7) is 16.4. The van der Waals surface area contributed by atoms with Crippen LogP contribution in [0.2, 0.25) is 0 Å². The summed E-state index contributed by atoms with van der Waals surface area (Å²) in [5.74, 6) is 5.34. The van der Waals surface area contributed by atoms with Crippen LogP contribution >= 0.6 is 0 Å². The molecule has 15 rings (SSSR count). The van der Waals surface area contributed by atoms with Gasteiger partial charge in [0.05, 0.1) is 130 Å². The molecule has 12 aromatic rings. The number of nitrogens with zero attached hydrogens (tertiary/aromatic N) is 18. The fourth-order valence-electron chi connectivity index (χ4n) is 14.9. The van der Waals surface area contributed by atoms with Crippen molar-refractivity contribution in [3.8, 4) is 68.3 Å². The monoisotopic (exact) mass is 1470 g/mol. The van der Waals surface area contributed by atoms with E-state index in [1.165, 1.54) is 64.7 Å². The largest absolute Gasteiger partial charge is 0.497 e. The molecule has 6 aromatic carbocycles. The third kappa shape index (κ3) is 19.3. The molecular weight excluding hydrogens is 1370 g/mol. The summed E-state index contributed by atoms with van der Waals surface area (Å²) in [5, 5.41) is 12.8. The smallest absolute Gasteiger partial charge is 0.124 e. The van der Waals surface area contributed by atoms with E-state index in [0.29, 0.717) is 0 Å². The summed E-state index contributed by atoms with van der Waals surface area (Å²) >= 11 is 0. The Balaban J connectivity index is 0.000000145. The van der Waals surface area contributed by atoms with Crippen molar-refractivity contribution in [1.29, 1.82) is 0 Å². The number of hydrogen-bond acceptors (Lipinski definition) is 21. The summed E-state index contributed by atoms with van der Waals surface area (Å²) < 4.78 is 38.8. The lowest BCUT2D eigenvalue weighted by atomic mass is 10.0.